The molecular weight excluding hydrogens is 278 g/mol. The first-order chi connectivity index (χ1) is 10.8. The van der Waals surface area contributed by atoms with E-state index in [2.05, 4.69) is 15.2 Å². The number of aromatic nitrogens is 3. The average Bonchev–Trinajstić information content (AvgIpc) is 3.16. The standard InChI is InChI=1S/C17H13N3O2/c1-22-17(21)10-6-7-13-11(8-10)9-15(18-13)16-12-4-2-3-5-14(12)19-20-16/h2-9,18H,1H3,(H,19,20). The number of rotatable bonds is 2. The van der Waals surface area contributed by atoms with E-state index in [1.807, 2.05) is 42.5 Å². The molecule has 5 nitrogen and oxygen atoms in total. The third-order valence-electron chi connectivity index (χ3n) is 3.77. The normalized spacial score (nSPS) is 11.1. The van der Waals surface area contributed by atoms with Crippen LogP contribution in [0.5, 0.6) is 0 Å². The molecule has 0 unspecified atom stereocenters. The molecule has 0 fully saturated rings. The fourth-order valence-corrected chi connectivity index (χ4v) is 2.67. The van der Waals surface area contributed by atoms with Crippen molar-refractivity contribution in [2.75, 3.05) is 7.11 Å². The Bertz CT molecular complexity index is 997. The number of para-hydroxylation sites is 1. The lowest BCUT2D eigenvalue weighted by molar-refractivity contribution is 0.0601. The molecule has 0 amide bonds. The number of aromatic amines is 2. The predicted molar refractivity (Wildman–Crippen MR) is 84.7 cm³/mol. The summed E-state index contributed by atoms with van der Waals surface area (Å²) in [6.45, 7) is 0. The Hall–Kier alpha value is -3.08. The van der Waals surface area contributed by atoms with Crippen LogP contribution in [0.3, 0.4) is 0 Å². The highest BCUT2D eigenvalue weighted by Crippen LogP contribution is 2.28. The molecule has 0 saturated heterocycles. The van der Waals surface area contributed by atoms with E-state index in [1.165, 1.54) is 7.11 Å². The predicted octanol–water partition coefficient (Wildman–Crippen LogP) is 3.50. The smallest absolute Gasteiger partial charge is 0.337 e. The van der Waals surface area contributed by atoms with E-state index in [1.54, 1.807) is 6.07 Å². The van der Waals surface area contributed by atoms with Gasteiger partial charge in [-0.1, -0.05) is 18.2 Å². The van der Waals surface area contributed by atoms with Gasteiger partial charge in [-0.3, -0.25) is 5.10 Å². The van der Waals surface area contributed by atoms with Crippen LogP contribution >= 0.6 is 0 Å². The van der Waals surface area contributed by atoms with Gasteiger partial charge in [-0.05, 0) is 30.3 Å². The number of H-pyrrole nitrogens is 2. The molecule has 0 aliphatic heterocycles. The lowest BCUT2D eigenvalue weighted by Gasteiger charge is -1.98. The van der Waals surface area contributed by atoms with Gasteiger partial charge < -0.3 is 9.72 Å². The molecule has 0 saturated carbocycles. The molecule has 108 valence electrons. The molecule has 0 aliphatic rings. The van der Waals surface area contributed by atoms with Crippen LogP contribution in [-0.4, -0.2) is 28.3 Å². The van der Waals surface area contributed by atoms with Crippen LogP contribution < -0.4 is 0 Å². The minimum atomic E-state index is -0.338. The summed E-state index contributed by atoms with van der Waals surface area (Å²) < 4.78 is 4.76. The summed E-state index contributed by atoms with van der Waals surface area (Å²) in [5.41, 5.74) is 4.26. The van der Waals surface area contributed by atoms with Gasteiger partial charge in [0.2, 0.25) is 0 Å². The third kappa shape index (κ3) is 1.87. The topological polar surface area (TPSA) is 70.8 Å². The van der Waals surface area contributed by atoms with Crippen molar-refractivity contribution in [1.29, 1.82) is 0 Å². The highest BCUT2D eigenvalue weighted by atomic mass is 16.5. The van der Waals surface area contributed by atoms with Crippen LogP contribution in [0.2, 0.25) is 0 Å². The van der Waals surface area contributed by atoms with Crippen molar-refractivity contribution in [1.82, 2.24) is 15.2 Å². The Morgan fingerprint density at radius 1 is 1.09 bits per heavy atom. The molecular formula is C17H13N3O2. The van der Waals surface area contributed by atoms with Crippen molar-refractivity contribution in [3.05, 3.63) is 54.1 Å². The van der Waals surface area contributed by atoms with E-state index in [0.717, 1.165) is 33.2 Å². The summed E-state index contributed by atoms with van der Waals surface area (Å²) in [7, 11) is 1.38. The largest absolute Gasteiger partial charge is 0.465 e. The number of ether oxygens (including phenoxy) is 1. The summed E-state index contributed by atoms with van der Waals surface area (Å²) in [4.78, 5) is 15.0. The van der Waals surface area contributed by atoms with Crippen LogP contribution in [0.1, 0.15) is 10.4 Å². The van der Waals surface area contributed by atoms with Gasteiger partial charge in [0, 0.05) is 16.3 Å². The van der Waals surface area contributed by atoms with Crippen LogP contribution in [-0.2, 0) is 4.74 Å². The monoisotopic (exact) mass is 291 g/mol. The second-order valence-corrected chi connectivity index (χ2v) is 5.09. The highest BCUT2D eigenvalue weighted by Gasteiger charge is 2.12. The molecule has 0 bridgehead atoms. The Labute approximate surface area is 125 Å². The number of methoxy groups -OCH3 is 1. The lowest BCUT2D eigenvalue weighted by Crippen LogP contribution is -2.00. The first kappa shape index (κ1) is 12.6. The van der Waals surface area contributed by atoms with Crippen molar-refractivity contribution >= 4 is 27.8 Å². The molecule has 2 heterocycles. The molecule has 0 spiro atoms. The maximum absolute atomic E-state index is 11.6. The van der Waals surface area contributed by atoms with Crippen molar-refractivity contribution in [2.45, 2.75) is 0 Å². The lowest BCUT2D eigenvalue weighted by atomic mass is 10.1. The van der Waals surface area contributed by atoms with Gasteiger partial charge in [-0.25, -0.2) is 4.79 Å². The Morgan fingerprint density at radius 2 is 1.95 bits per heavy atom. The molecule has 2 aromatic carbocycles. The van der Waals surface area contributed by atoms with E-state index < -0.39 is 0 Å². The number of hydrogen-bond acceptors (Lipinski definition) is 3. The number of fused-ring (bicyclic) bond motifs is 2. The molecule has 0 radical (unpaired) electrons. The number of benzene rings is 2. The summed E-state index contributed by atoms with van der Waals surface area (Å²) in [5.74, 6) is -0.338. The van der Waals surface area contributed by atoms with Gasteiger partial charge in [-0.15, -0.1) is 0 Å². The van der Waals surface area contributed by atoms with Crippen LogP contribution in [0.15, 0.2) is 48.5 Å². The fraction of sp³-hybridized carbons (Fsp3) is 0.0588. The first-order valence-electron chi connectivity index (χ1n) is 6.91. The third-order valence-corrected chi connectivity index (χ3v) is 3.77. The van der Waals surface area contributed by atoms with Gasteiger partial charge in [0.05, 0.1) is 23.9 Å². The van der Waals surface area contributed by atoms with Crippen molar-refractivity contribution < 1.29 is 9.53 Å². The molecule has 5 heteroatoms. The minimum Gasteiger partial charge on any atom is -0.465 e. The average molecular weight is 291 g/mol. The second kappa shape index (κ2) is 4.73. The number of nitrogens with one attached hydrogen (secondary N) is 2. The minimum absolute atomic E-state index is 0.338. The molecule has 4 rings (SSSR count). The Kier molecular flexibility index (Phi) is 2.72. The highest BCUT2D eigenvalue weighted by molar-refractivity contribution is 5.98. The summed E-state index contributed by atoms with van der Waals surface area (Å²) >= 11 is 0. The van der Waals surface area contributed by atoms with E-state index in [4.69, 9.17) is 4.74 Å². The number of carbonyl (C=O) groups is 1. The van der Waals surface area contributed by atoms with E-state index in [-0.39, 0.29) is 5.97 Å². The number of hydrogen-bond donors (Lipinski definition) is 2. The molecule has 22 heavy (non-hydrogen) atoms. The Morgan fingerprint density at radius 3 is 2.82 bits per heavy atom. The number of carbonyl (C=O) groups excluding carboxylic acids is 1. The zero-order chi connectivity index (χ0) is 15.1. The number of nitrogens with zero attached hydrogens (tertiary/aromatic N) is 1. The molecule has 2 aromatic heterocycles. The van der Waals surface area contributed by atoms with Gasteiger partial charge in [0.25, 0.3) is 0 Å². The maximum atomic E-state index is 11.6. The van der Waals surface area contributed by atoms with Gasteiger partial charge >= 0.3 is 5.97 Å². The van der Waals surface area contributed by atoms with Crippen LogP contribution in [0.25, 0.3) is 33.2 Å². The zero-order valence-electron chi connectivity index (χ0n) is 11.9. The van der Waals surface area contributed by atoms with Crippen molar-refractivity contribution in [3.63, 3.8) is 0 Å². The quantitative estimate of drug-likeness (QED) is 0.555. The maximum Gasteiger partial charge on any atom is 0.337 e. The molecule has 0 aliphatic carbocycles. The van der Waals surface area contributed by atoms with Gasteiger partial charge in [0.1, 0.15) is 5.69 Å². The van der Waals surface area contributed by atoms with Gasteiger partial charge in [0.15, 0.2) is 0 Å². The SMILES string of the molecule is COC(=O)c1ccc2[nH]c(-c3n[nH]c4ccccc34)cc2c1. The molecule has 4 aromatic rings. The fourth-order valence-electron chi connectivity index (χ4n) is 2.67. The summed E-state index contributed by atoms with van der Waals surface area (Å²) in [5, 5.41) is 9.42. The number of esters is 1. The van der Waals surface area contributed by atoms with Crippen LogP contribution in [0, 0.1) is 0 Å². The van der Waals surface area contributed by atoms with E-state index >= 15 is 0 Å². The van der Waals surface area contributed by atoms with Crippen molar-refractivity contribution in [3.8, 4) is 11.4 Å². The Balaban J connectivity index is 1.87. The van der Waals surface area contributed by atoms with Crippen molar-refractivity contribution in [2.24, 2.45) is 0 Å². The van der Waals surface area contributed by atoms with Gasteiger partial charge in [-0.2, -0.15) is 5.10 Å². The molecule has 0 atom stereocenters. The summed E-state index contributed by atoms with van der Waals surface area (Å²) in [6.07, 6.45) is 0. The molecule has 2 N–H and O–H groups in total. The second-order valence-electron chi connectivity index (χ2n) is 5.09. The first-order valence-corrected chi connectivity index (χ1v) is 6.91. The van der Waals surface area contributed by atoms with E-state index in [0.29, 0.717) is 5.56 Å². The van der Waals surface area contributed by atoms with Crippen LogP contribution in [0.4, 0.5) is 0 Å². The zero-order valence-corrected chi connectivity index (χ0v) is 11.9. The van der Waals surface area contributed by atoms with E-state index in [9.17, 15) is 4.79 Å². The summed E-state index contributed by atoms with van der Waals surface area (Å²) in [6, 6.07) is 15.4.